The van der Waals surface area contributed by atoms with Gasteiger partial charge in [0.05, 0.1) is 0 Å². The van der Waals surface area contributed by atoms with Crippen LogP contribution in [0.1, 0.15) is 11.3 Å². The summed E-state index contributed by atoms with van der Waals surface area (Å²) in [6.07, 6.45) is 0.497. The summed E-state index contributed by atoms with van der Waals surface area (Å²) in [6, 6.07) is 8.73. The quantitative estimate of drug-likeness (QED) is 0.753. The van der Waals surface area contributed by atoms with Gasteiger partial charge in [-0.1, -0.05) is 23.4 Å². The van der Waals surface area contributed by atoms with Crippen molar-refractivity contribution in [2.45, 2.75) is 6.42 Å². The molecular weight excluding hydrogens is 180 g/mol. The van der Waals surface area contributed by atoms with Crippen molar-refractivity contribution in [1.29, 1.82) is 0 Å². The number of nitrogen functional groups attached to an aromatic ring is 1. The normalized spacial score (nSPS) is 10.3. The highest BCUT2D eigenvalue weighted by Crippen LogP contribution is 2.20. The van der Waals surface area contributed by atoms with Crippen molar-refractivity contribution in [2.24, 2.45) is 0 Å². The molecule has 3 N–H and O–H groups in total. The Morgan fingerprint density at radius 2 is 2.14 bits per heavy atom. The molecule has 2 rings (SSSR count). The number of benzene rings is 1. The second-order valence-electron chi connectivity index (χ2n) is 3.02. The van der Waals surface area contributed by atoms with Crippen LogP contribution in [-0.4, -0.2) is 10.3 Å². The first-order valence-electron chi connectivity index (χ1n) is 4.23. The number of hydrogen-bond donors (Lipinski definition) is 2. The molecule has 1 aromatic carbocycles. The Labute approximate surface area is 81.0 Å². The predicted octanol–water partition coefficient (Wildman–Crippen LogP) is 1.55. The van der Waals surface area contributed by atoms with E-state index in [2.05, 4.69) is 5.16 Å². The summed E-state index contributed by atoms with van der Waals surface area (Å²) in [7, 11) is 0. The van der Waals surface area contributed by atoms with Crippen molar-refractivity contribution in [3.8, 4) is 5.75 Å². The van der Waals surface area contributed by atoms with Crippen molar-refractivity contribution >= 4 is 5.82 Å². The van der Waals surface area contributed by atoms with Crippen molar-refractivity contribution in [1.82, 2.24) is 5.16 Å². The Morgan fingerprint density at radius 3 is 2.79 bits per heavy atom. The summed E-state index contributed by atoms with van der Waals surface area (Å²) in [6.45, 7) is 0. The number of phenols is 1. The monoisotopic (exact) mass is 190 g/mol. The van der Waals surface area contributed by atoms with E-state index < -0.39 is 0 Å². The van der Waals surface area contributed by atoms with E-state index in [1.54, 1.807) is 18.2 Å². The lowest BCUT2D eigenvalue weighted by Gasteiger charge is -1.99. The summed E-state index contributed by atoms with van der Waals surface area (Å²) >= 11 is 0. The molecule has 0 radical (unpaired) electrons. The van der Waals surface area contributed by atoms with Crippen LogP contribution in [0.2, 0.25) is 0 Å². The van der Waals surface area contributed by atoms with Crippen LogP contribution in [0.5, 0.6) is 5.75 Å². The van der Waals surface area contributed by atoms with Crippen LogP contribution >= 0.6 is 0 Å². The summed E-state index contributed by atoms with van der Waals surface area (Å²) < 4.78 is 4.94. The summed E-state index contributed by atoms with van der Waals surface area (Å²) in [5, 5.41) is 13.0. The van der Waals surface area contributed by atoms with Gasteiger partial charge in [0, 0.05) is 18.1 Å². The standard InChI is InChI=1S/C10H10N2O2/c11-10-6-8(14-12-10)5-7-3-1-2-4-9(7)13/h1-4,6,13H,5H2,(H2,11,12). The van der Waals surface area contributed by atoms with Gasteiger partial charge in [0.15, 0.2) is 5.82 Å². The Kier molecular flexibility index (Phi) is 2.10. The van der Waals surface area contributed by atoms with Crippen molar-refractivity contribution in [3.05, 3.63) is 41.7 Å². The molecule has 0 aliphatic rings. The van der Waals surface area contributed by atoms with Gasteiger partial charge in [0.25, 0.3) is 0 Å². The van der Waals surface area contributed by atoms with Gasteiger partial charge in [0.2, 0.25) is 0 Å². The summed E-state index contributed by atoms with van der Waals surface area (Å²) in [5.41, 5.74) is 6.20. The first-order valence-corrected chi connectivity index (χ1v) is 4.23. The highest BCUT2D eigenvalue weighted by atomic mass is 16.5. The minimum Gasteiger partial charge on any atom is -0.508 e. The molecule has 0 bridgehead atoms. The SMILES string of the molecule is Nc1cc(Cc2ccccc2O)on1. The van der Waals surface area contributed by atoms with Gasteiger partial charge >= 0.3 is 0 Å². The summed E-state index contributed by atoms with van der Waals surface area (Å²) in [5.74, 6) is 1.25. The molecule has 0 aliphatic heterocycles. The number of phenolic OH excluding ortho intramolecular Hbond substituents is 1. The maximum atomic E-state index is 9.49. The molecule has 0 amide bonds. The number of anilines is 1. The maximum Gasteiger partial charge on any atom is 0.167 e. The fourth-order valence-electron chi connectivity index (χ4n) is 1.26. The Bertz CT molecular complexity index is 437. The molecule has 2 aromatic rings. The highest BCUT2D eigenvalue weighted by molar-refractivity contribution is 5.36. The molecule has 0 spiro atoms. The third kappa shape index (κ3) is 1.69. The van der Waals surface area contributed by atoms with Crippen molar-refractivity contribution in [2.75, 3.05) is 5.73 Å². The molecule has 0 unspecified atom stereocenters. The van der Waals surface area contributed by atoms with Crippen molar-refractivity contribution in [3.63, 3.8) is 0 Å². The van der Waals surface area contributed by atoms with E-state index in [1.165, 1.54) is 0 Å². The third-order valence-electron chi connectivity index (χ3n) is 1.93. The Balaban J connectivity index is 2.23. The van der Waals surface area contributed by atoms with Gasteiger partial charge < -0.3 is 15.4 Å². The van der Waals surface area contributed by atoms with Crippen LogP contribution in [0.4, 0.5) is 5.82 Å². The van der Waals surface area contributed by atoms with E-state index in [-0.39, 0.29) is 5.75 Å². The second kappa shape index (κ2) is 3.41. The second-order valence-corrected chi connectivity index (χ2v) is 3.02. The first-order chi connectivity index (χ1) is 6.75. The lowest BCUT2D eigenvalue weighted by atomic mass is 10.1. The van der Waals surface area contributed by atoms with E-state index in [9.17, 15) is 5.11 Å². The van der Waals surface area contributed by atoms with Gasteiger partial charge in [-0.15, -0.1) is 0 Å². The molecule has 0 aliphatic carbocycles. The number of aromatic nitrogens is 1. The van der Waals surface area contributed by atoms with E-state index in [0.717, 1.165) is 5.56 Å². The van der Waals surface area contributed by atoms with E-state index >= 15 is 0 Å². The van der Waals surface area contributed by atoms with Gasteiger partial charge in [0.1, 0.15) is 11.5 Å². The maximum absolute atomic E-state index is 9.49. The van der Waals surface area contributed by atoms with Gasteiger partial charge in [-0.05, 0) is 6.07 Å². The number of nitrogens with zero attached hydrogens (tertiary/aromatic N) is 1. The fourth-order valence-corrected chi connectivity index (χ4v) is 1.26. The number of aromatic hydroxyl groups is 1. The lowest BCUT2D eigenvalue weighted by Crippen LogP contribution is -1.86. The van der Waals surface area contributed by atoms with Gasteiger partial charge in [-0.25, -0.2) is 0 Å². The zero-order valence-corrected chi connectivity index (χ0v) is 7.47. The number of nitrogens with two attached hydrogens (primary N) is 1. The molecule has 1 heterocycles. The van der Waals surface area contributed by atoms with E-state index in [4.69, 9.17) is 10.3 Å². The van der Waals surface area contributed by atoms with Crippen LogP contribution in [-0.2, 0) is 6.42 Å². The van der Waals surface area contributed by atoms with Crippen LogP contribution in [0.25, 0.3) is 0 Å². The Hall–Kier alpha value is -1.97. The lowest BCUT2D eigenvalue weighted by molar-refractivity contribution is 0.389. The molecule has 72 valence electrons. The van der Waals surface area contributed by atoms with Crippen LogP contribution in [0.3, 0.4) is 0 Å². The summed E-state index contributed by atoms with van der Waals surface area (Å²) in [4.78, 5) is 0. The fraction of sp³-hybridized carbons (Fsp3) is 0.100. The average Bonchev–Trinajstić information content (AvgIpc) is 2.56. The molecule has 4 heteroatoms. The molecular formula is C10H10N2O2. The minimum atomic E-state index is 0.252. The van der Waals surface area contributed by atoms with Gasteiger partial charge in [-0.2, -0.15) is 0 Å². The van der Waals surface area contributed by atoms with E-state index in [1.807, 2.05) is 12.1 Å². The molecule has 0 fully saturated rings. The predicted molar refractivity (Wildman–Crippen MR) is 51.8 cm³/mol. The van der Waals surface area contributed by atoms with Crippen LogP contribution in [0, 0.1) is 0 Å². The van der Waals surface area contributed by atoms with Gasteiger partial charge in [-0.3, -0.25) is 0 Å². The molecule has 14 heavy (non-hydrogen) atoms. The smallest absolute Gasteiger partial charge is 0.167 e. The van der Waals surface area contributed by atoms with Crippen LogP contribution < -0.4 is 5.73 Å². The largest absolute Gasteiger partial charge is 0.508 e. The number of para-hydroxylation sites is 1. The number of hydrogen-bond acceptors (Lipinski definition) is 4. The zero-order valence-electron chi connectivity index (χ0n) is 7.47. The molecule has 4 nitrogen and oxygen atoms in total. The average molecular weight is 190 g/mol. The number of rotatable bonds is 2. The highest BCUT2D eigenvalue weighted by Gasteiger charge is 2.05. The zero-order chi connectivity index (χ0) is 9.97. The first kappa shape index (κ1) is 8.62. The molecule has 0 saturated carbocycles. The third-order valence-corrected chi connectivity index (χ3v) is 1.93. The van der Waals surface area contributed by atoms with E-state index in [0.29, 0.717) is 18.0 Å². The minimum absolute atomic E-state index is 0.252. The van der Waals surface area contributed by atoms with Crippen molar-refractivity contribution < 1.29 is 9.63 Å². The Morgan fingerprint density at radius 1 is 1.36 bits per heavy atom. The van der Waals surface area contributed by atoms with Crippen LogP contribution in [0.15, 0.2) is 34.9 Å². The topological polar surface area (TPSA) is 72.3 Å². The molecule has 0 saturated heterocycles. The molecule has 0 atom stereocenters. The molecule has 1 aromatic heterocycles.